The number of anilines is 1. The van der Waals surface area contributed by atoms with Gasteiger partial charge in [-0.1, -0.05) is 107 Å². The van der Waals surface area contributed by atoms with E-state index in [0.717, 1.165) is 32.4 Å². The molecular weight excluding hydrogens is 552 g/mol. The zero-order valence-electron chi connectivity index (χ0n) is 21.3. The number of carbonyl (C=O) groups is 3. The highest BCUT2D eigenvalue weighted by atomic mass is 79.9. The first-order valence-electron chi connectivity index (χ1n) is 13.1. The number of likely N-dealkylation sites (tertiary alicyclic amines) is 1. The molecule has 194 valence electrons. The minimum atomic E-state index is -1.20. The monoisotopic (exact) mass is 578 g/mol. The molecule has 1 fully saturated rings. The van der Waals surface area contributed by atoms with Crippen LogP contribution in [-0.4, -0.2) is 22.6 Å². The van der Waals surface area contributed by atoms with Crippen LogP contribution in [-0.2, 0) is 39.3 Å². The minimum absolute atomic E-state index is 0.00143. The molecule has 2 heterocycles. The summed E-state index contributed by atoms with van der Waals surface area (Å²) >= 11 is 3.50. The molecule has 0 aliphatic carbocycles. The van der Waals surface area contributed by atoms with Gasteiger partial charge in [-0.3, -0.25) is 19.3 Å². The van der Waals surface area contributed by atoms with Crippen LogP contribution in [0.1, 0.15) is 28.7 Å². The fraction of sp³-hybridized carbons (Fsp3) is 0.182. The van der Waals surface area contributed by atoms with E-state index in [0.29, 0.717) is 13.0 Å². The fourth-order valence-electron chi connectivity index (χ4n) is 6.03. The highest BCUT2D eigenvalue weighted by molar-refractivity contribution is 9.10. The Morgan fingerprint density at radius 1 is 0.667 bits per heavy atom. The Morgan fingerprint density at radius 3 is 1.87 bits per heavy atom. The van der Waals surface area contributed by atoms with Crippen molar-refractivity contribution in [1.82, 2.24) is 4.90 Å². The molecule has 4 aromatic carbocycles. The van der Waals surface area contributed by atoms with Crippen LogP contribution < -0.4 is 4.90 Å². The van der Waals surface area contributed by atoms with Crippen molar-refractivity contribution in [1.29, 1.82) is 0 Å². The van der Waals surface area contributed by atoms with Crippen molar-refractivity contribution in [2.45, 2.75) is 31.3 Å². The number of fused-ring (bicyclic) bond motifs is 1. The Balaban J connectivity index is 1.46. The number of rotatable bonds is 7. The number of hydrogen-bond donors (Lipinski definition) is 0. The number of imide groups is 1. The maximum atomic E-state index is 14.7. The van der Waals surface area contributed by atoms with Crippen molar-refractivity contribution in [3.8, 4) is 0 Å². The molecule has 2 aliphatic rings. The lowest BCUT2D eigenvalue weighted by Gasteiger charge is -2.33. The van der Waals surface area contributed by atoms with Crippen molar-refractivity contribution in [2.75, 3.05) is 4.90 Å². The zero-order chi connectivity index (χ0) is 27.0. The van der Waals surface area contributed by atoms with Crippen molar-refractivity contribution in [3.05, 3.63) is 136 Å². The number of para-hydroxylation sites is 1. The molecule has 0 radical (unpaired) electrons. The molecule has 0 unspecified atom stereocenters. The number of halogens is 1. The summed E-state index contributed by atoms with van der Waals surface area (Å²) in [6.45, 7) is 0.592. The van der Waals surface area contributed by atoms with Crippen LogP contribution in [0.5, 0.6) is 0 Å². The van der Waals surface area contributed by atoms with Crippen LogP contribution in [0.3, 0.4) is 0 Å². The van der Waals surface area contributed by atoms with Crippen LogP contribution in [0.2, 0.25) is 0 Å². The van der Waals surface area contributed by atoms with Crippen LogP contribution in [0, 0.1) is 5.92 Å². The van der Waals surface area contributed by atoms with Gasteiger partial charge in [-0.25, -0.2) is 0 Å². The molecule has 2 aliphatic heterocycles. The molecule has 0 aromatic heterocycles. The third kappa shape index (κ3) is 4.49. The molecule has 39 heavy (non-hydrogen) atoms. The lowest BCUT2D eigenvalue weighted by Crippen LogP contribution is -2.49. The second kappa shape index (κ2) is 10.3. The van der Waals surface area contributed by atoms with Gasteiger partial charge in [0, 0.05) is 16.6 Å². The van der Waals surface area contributed by atoms with Crippen molar-refractivity contribution < 1.29 is 14.4 Å². The van der Waals surface area contributed by atoms with Crippen LogP contribution in [0.4, 0.5) is 5.69 Å². The maximum absolute atomic E-state index is 14.7. The number of benzene rings is 4. The van der Waals surface area contributed by atoms with E-state index in [2.05, 4.69) is 15.9 Å². The molecule has 3 amide bonds. The standard InChI is InChI=1S/C33H27BrN2O3/c34-26-17-15-23(16-18-26)20-33(28-19-30(37)36(31(28)38)22-25-11-5-2-6-12-25)27-13-7-8-14-29(27)35(32(33)39)21-24-9-3-1-4-10-24/h1-18,28H,19-22H2/t28-,33+/m0/s1. The van der Waals surface area contributed by atoms with Gasteiger partial charge in [-0.2, -0.15) is 0 Å². The van der Waals surface area contributed by atoms with Gasteiger partial charge in [0.15, 0.2) is 0 Å². The summed E-state index contributed by atoms with van der Waals surface area (Å²) in [5.74, 6) is -1.46. The smallest absolute Gasteiger partial charge is 0.239 e. The number of hydrogen-bond acceptors (Lipinski definition) is 3. The Labute approximate surface area is 236 Å². The molecule has 2 atom stereocenters. The van der Waals surface area contributed by atoms with Crippen molar-refractivity contribution in [2.24, 2.45) is 5.92 Å². The van der Waals surface area contributed by atoms with Crippen molar-refractivity contribution >= 4 is 39.3 Å². The molecule has 0 spiro atoms. The lowest BCUT2D eigenvalue weighted by atomic mass is 9.66. The largest absolute Gasteiger partial charge is 0.307 e. The predicted molar refractivity (Wildman–Crippen MR) is 154 cm³/mol. The summed E-state index contributed by atoms with van der Waals surface area (Å²) in [5.41, 5.74) is 3.22. The topological polar surface area (TPSA) is 57.7 Å². The van der Waals surface area contributed by atoms with Gasteiger partial charge in [0.1, 0.15) is 0 Å². The lowest BCUT2D eigenvalue weighted by molar-refractivity contribution is -0.142. The number of nitrogens with zero attached hydrogens (tertiary/aromatic N) is 2. The highest BCUT2D eigenvalue weighted by Gasteiger charge is 2.61. The average Bonchev–Trinajstić information content (AvgIpc) is 3.37. The van der Waals surface area contributed by atoms with Gasteiger partial charge in [0.2, 0.25) is 17.7 Å². The SMILES string of the molecule is O=C1C[C@H]([C@]2(Cc3ccc(Br)cc3)C(=O)N(Cc3ccccc3)c3ccccc32)C(=O)N1Cc1ccccc1. The third-order valence-corrected chi connectivity index (χ3v) is 8.43. The molecule has 0 N–H and O–H groups in total. The number of amides is 3. The Hall–Kier alpha value is -4.03. The first-order chi connectivity index (χ1) is 19.0. The highest BCUT2D eigenvalue weighted by Crippen LogP contribution is 2.52. The summed E-state index contributed by atoms with van der Waals surface area (Å²) in [6.07, 6.45) is 0.325. The van der Waals surface area contributed by atoms with Crippen LogP contribution in [0.25, 0.3) is 0 Å². The van der Waals surface area contributed by atoms with E-state index in [9.17, 15) is 14.4 Å². The summed E-state index contributed by atoms with van der Waals surface area (Å²) < 4.78 is 0.935. The molecule has 0 bridgehead atoms. The van der Waals surface area contributed by atoms with Gasteiger partial charge in [-0.15, -0.1) is 0 Å². The predicted octanol–water partition coefficient (Wildman–Crippen LogP) is 6.05. The van der Waals surface area contributed by atoms with Crippen LogP contribution >= 0.6 is 15.9 Å². The summed E-state index contributed by atoms with van der Waals surface area (Å²) in [6, 6.07) is 34.9. The molecule has 0 saturated carbocycles. The van der Waals surface area contributed by atoms with Crippen molar-refractivity contribution in [3.63, 3.8) is 0 Å². The van der Waals surface area contributed by atoms with E-state index in [1.54, 1.807) is 4.90 Å². The maximum Gasteiger partial charge on any atom is 0.239 e. The fourth-order valence-corrected chi connectivity index (χ4v) is 6.29. The molecular formula is C33H27BrN2O3. The average molecular weight is 579 g/mol. The molecule has 6 heteroatoms. The Kier molecular flexibility index (Phi) is 6.65. The molecule has 6 rings (SSSR count). The summed E-state index contributed by atoms with van der Waals surface area (Å²) in [5, 5.41) is 0. The molecule has 4 aromatic rings. The van der Waals surface area contributed by atoms with E-state index < -0.39 is 11.3 Å². The molecule has 1 saturated heterocycles. The van der Waals surface area contributed by atoms with Gasteiger partial charge >= 0.3 is 0 Å². The summed E-state index contributed by atoms with van der Waals surface area (Å²) in [4.78, 5) is 45.3. The Morgan fingerprint density at radius 2 is 1.23 bits per heavy atom. The van der Waals surface area contributed by atoms with E-state index >= 15 is 0 Å². The molecule has 5 nitrogen and oxygen atoms in total. The van der Waals surface area contributed by atoms with E-state index in [1.807, 2.05) is 109 Å². The number of carbonyl (C=O) groups excluding carboxylic acids is 3. The second-order valence-electron chi connectivity index (χ2n) is 10.2. The first-order valence-corrected chi connectivity index (χ1v) is 13.8. The van der Waals surface area contributed by atoms with Gasteiger partial charge in [0.25, 0.3) is 0 Å². The minimum Gasteiger partial charge on any atom is -0.307 e. The quantitative estimate of drug-likeness (QED) is 0.251. The van der Waals surface area contributed by atoms with E-state index in [-0.39, 0.29) is 30.7 Å². The van der Waals surface area contributed by atoms with Gasteiger partial charge in [0.05, 0.1) is 24.4 Å². The summed E-state index contributed by atoms with van der Waals surface area (Å²) in [7, 11) is 0. The third-order valence-electron chi connectivity index (χ3n) is 7.90. The van der Waals surface area contributed by atoms with E-state index in [4.69, 9.17) is 0 Å². The normalized spacial score (nSPS) is 20.5. The van der Waals surface area contributed by atoms with Gasteiger partial charge < -0.3 is 4.90 Å². The zero-order valence-corrected chi connectivity index (χ0v) is 22.9. The second-order valence-corrected chi connectivity index (χ2v) is 11.1. The first kappa shape index (κ1) is 25.3. The van der Waals surface area contributed by atoms with E-state index in [1.165, 1.54) is 4.90 Å². The van der Waals surface area contributed by atoms with Crippen LogP contribution in [0.15, 0.2) is 114 Å². The Bertz CT molecular complexity index is 1540. The van der Waals surface area contributed by atoms with Gasteiger partial charge in [-0.05, 0) is 46.9 Å².